The number of rotatable bonds is 3. The molecule has 0 heterocycles. The highest BCUT2D eigenvalue weighted by Gasteiger charge is 2.05. The van der Waals surface area contributed by atoms with E-state index in [0.717, 1.165) is 22.4 Å². The van der Waals surface area contributed by atoms with Gasteiger partial charge in [-0.2, -0.15) is 0 Å². The molecule has 18 heavy (non-hydrogen) atoms. The van der Waals surface area contributed by atoms with Gasteiger partial charge in [-0.25, -0.2) is 0 Å². The van der Waals surface area contributed by atoms with Crippen LogP contribution in [0.25, 0.3) is 5.57 Å². The van der Waals surface area contributed by atoms with Crippen molar-refractivity contribution in [2.45, 2.75) is 0 Å². The van der Waals surface area contributed by atoms with E-state index in [0.29, 0.717) is 0 Å². The summed E-state index contributed by atoms with van der Waals surface area (Å²) in [7, 11) is 1.63. The lowest BCUT2D eigenvalue weighted by Gasteiger charge is -2.08. The number of benzene rings is 2. The Kier molecular flexibility index (Phi) is 3.90. The molecule has 0 aliphatic carbocycles. The van der Waals surface area contributed by atoms with Crippen LogP contribution in [-0.2, 0) is 0 Å². The number of phenolic OH excluding ortho intramolecular Hbond substituents is 1. The molecule has 2 nitrogen and oxygen atoms in total. The minimum Gasteiger partial charge on any atom is -0.508 e. The molecule has 0 bridgehead atoms. The molecule has 0 aromatic heterocycles. The topological polar surface area (TPSA) is 29.5 Å². The van der Waals surface area contributed by atoms with Crippen LogP contribution in [-0.4, -0.2) is 12.2 Å². The average Bonchev–Trinajstić information content (AvgIpc) is 2.42. The molecule has 0 fully saturated rings. The number of hydrogen-bond donors (Lipinski definition) is 1. The van der Waals surface area contributed by atoms with Gasteiger partial charge in [-0.15, -0.1) is 0 Å². The number of methoxy groups -OCH3 is 1. The van der Waals surface area contributed by atoms with Crippen LogP contribution < -0.4 is 4.74 Å². The van der Waals surface area contributed by atoms with Crippen LogP contribution in [0.3, 0.4) is 0 Å². The highest BCUT2D eigenvalue weighted by atomic mass is 35.5. The van der Waals surface area contributed by atoms with Crippen molar-refractivity contribution in [3.8, 4) is 11.5 Å². The number of phenols is 1. The largest absolute Gasteiger partial charge is 0.508 e. The molecule has 2 aromatic carbocycles. The molecule has 0 atom stereocenters. The molecule has 2 rings (SSSR count). The van der Waals surface area contributed by atoms with E-state index in [4.69, 9.17) is 16.3 Å². The fourth-order valence-electron chi connectivity index (χ4n) is 1.70. The van der Waals surface area contributed by atoms with E-state index in [9.17, 15) is 5.11 Å². The van der Waals surface area contributed by atoms with Gasteiger partial charge in [0.2, 0.25) is 0 Å². The van der Waals surface area contributed by atoms with Crippen LogP contribution in [0.4, 0.5) is 0 Å². The lowest BCUT2D eigenvalue weighted by molar-refractivity contribution is 0.415. The van der Waals surface area contributed by atoms with E-state index in [1.807, 2.05) is 36.4 Å². The van der Waals surface area contributed by atoms with E-state index >= 15 is 0 Å². The van der Waals surface area contributed by atoms with Crippen LogP contribution in [0.1, 0.15) is 11.1 Å². The molecule has 0 aliphatic heterocycles. The molecule has 0 amide bonds. The number of ether oxygens (including phenoxy) is 1. The zero-order chi connectivity index (χ0) is 13.0. The SMILES string of the molecule is COc1ccc(C(=CCl)c2ccc(O)cc2)cc1. The summed E-state index contributed by atoms with van der Waals surface area (Å²) in [5, 5.41) is 9.28. The Bertz CT molecular complexity index is 542. The molecule has 0 saturated heterocycles. The summed E-state index contributed by atoms with van der Waals surface area (Å²) in [6.07, 6.45) is 0. The maximum absolute atomic E-state index is 9.28. The van der Waals surface area contributed by atoms with E-state index in [1.165, 1.54) is 5.54 Å². The second-order valence-electron chi connectivity index (χ2n) is 3.80. The molecule has 0 radical (unpaired) electrons. The van der Waals surface area contributed by atoms with E-state index in [2.05, 4.69) is 0 Å². The fraction of sp³-hybridized carbons (Fsp3) is 0.0667. The van der Waals surface area contributed by atoms with Crippen LogP contribution in [0.15, 0.2) is 54.1 Å². The predicted octanol–water partition coefficient (Wildman–Crippen LogP) is 4.03. The van der Waals surface area contributed by atoms with Gasteiger partial charge >= 0.3 is 0 Å². The monoisotopic (exact) mass is 260 g/mol. The summed E-state index contributed by atoms with van der Waals surface area (Å²) in [5.74, 6) is 1.04. The minimum atomic E-state index is 0.238. The molecule has 0 saturated carbocycles. The van der Waals surface area contributed by atoms with Gasteiger partial charge in [0.1, 0.15) is 11.5 Å². The third-order valence-electron chi connectivity index (χ3n) is 2.69. The highest BCUT2D eigenvalue weighted by molar-refractivity contribution is 6.29. The molecule has 2 aromatic rings. The molecule has 0 spiro atoms. The second kappa shape index (κ2) is 5.61. The van der Waals surface area contributed by atoms with Gasteiger partial charge in [0.25, 0.3) is 0 Å². The lowest BCUT2D eigenvalue weighted by Crippen LogP contribution is -1.88. The van der Waals surface area contributed by atoms with Gasteiger partial charge in [0, 0.05) is 11.1 Å². The molecule has 92 valence electrons. The molecule has 1 N–H and O–H groups in total. The minimum absolute atomic E-state index is 0.238. The smallest absolute Gasteiger partial charge is 0.118 e. The molecule has 3 heteroatoms. The van der Waals surface area contributed by atoms with Crippen molar-refractivity contribution in [2.24, 2.45) is 0 Å². The van der Waals surface area contributed by atoms with Gasteiger partial charge in [0.05, 0.1) is 7.11 Å². The quantitative estimate of drug-likeness (QED) is 0.903. The van der Waals surface area contributed by atoms with E-state index in [-0.39, 0.29) is 5.75 Å². The molecule has 0 aliphatic rings. The van der Waals surface area contributed by atoms with Crippen molar-refractivity contribution in [3.05, 3.63) is 65.2 Å². The Labute approximate surface area is 111 Å². The van der Waals surface area contributed by atoms with Gasteiger partial charge in [-0.1, -0.05) is 35.9 Å². The van der Waals surface area contributed by atoms with Crippen LogP contribution in [0.2, 0.25) is 0 Å². The Balaban J connectivity index is 2.36. The van der Waals surface area contributed by atoms with Crippen molar-refractivity contribution in [3.63, 3.8) is 0 Å². The van der Waals surface area contributed by atoms with Crippen LogP contribution in [0, 0.1) is 0 Å². The Hall–Kier alpha value is -1.93. The zero-order valence-electron chi connectivity index (χ0n) is 9.93. The standard InChI is InChI=1S/C15H13ClO2/c1-18-14-8-4-12(5-9-14)15(10-16)11-2-6-13(17)7-3-11/h2-10,17H,1H3. The number of hydrogen-bond acceptors (Lipinski definition) is 2. The lowest BCUT2D eigenvalue weighted by atomic mass is 9.99. The summed E-state index contributed by atoms with van der Waals surface area (Å²) in [5.41, 5.74) is 4.39. The van der Waals surface area contributed by atoms with Crippen molar-refractivity contribution in [2.75, 3.05) is 7.11 Å². The number of aromatic hydroxyl groups is 1. The van der Waals surface area contributed by atoms with Gasteiger partial charge in [-0.05, 0) is 35.4 Å². The zero-order valence-corrected chi connectivity index (χ0v) is 10.7. The fourth-order valence-corrected chi connectivity index (χ4v) is 1.96. The maximum Gasteiger partial charge on any atom is 0.118 e. The first-order chi connectivity index (χ1) is 8.74. The van der Waals surface area contributed by atoms with Crippen molar-refractivity contribution in [1.82, 2.24) is 0 Å². The van der Waals surface area contributed by atoms with Crippen molar-refractivity contribution < 1.29 is 9.84 Å². The summed E-state index contributed by atoms with van der Waals surface area (Å²) in [4.78, 5) is 0. The van der Waals surface area contributed by atoms with Gasteiger partial charge in [0.15, 0.2) is 0 Å². The van der Waals surface area contributed by atoms with Crippen molar-refractivity contribution >= 4 is 17.2 Å². The predicted molar refractivity (Wildman–Crippen MR) is 74.0 cm³/mol. The Morgan fingerprint density at radius 2 is 1.50 bits per heavy atom. The van der Waals surface area contributed by atoms with E-state index in [1.54, 1.807) is 19.2 Å². The third-order valence-corrected chi connectivity index (χ3v) is 2.91. The first kappa shape index (κ1) is 12.5. The normalized spacial score (nSPS) is 11.3. The van der Waals surface area contributed by atoms with Crippen LogP contribution in [0.5, 0.6) is 11.5 Å². The third kappa shape index (κ3) is 2.66. The second-order valence-corrected chi connectivity index (χ2v) is 4.02. The molecular formula is C15H13ClO2. The highest BCUT2D eigenvalue weighted by Crippen LogP contribution is 2.27. The summed E-state index contributed by atoms with van der Waals surface area (Å²) < 4.78 is 5.12. The summed E-state index contributed by atoms with van der Waals surface area (Å²) in [6.45, 7) is 0. The Morgan fingerprint density at radius 1 is 1.00 bits per heavy atom. The Morgan fingerprint density at radius 3 is 1.94 bits per heavy atom. The van der Waals surface area contributed by atoms with Crippen LogP contribution >= 0.6 is 11.6 Å². The molecular weight excluding hydrogens is 248 g/mol. The van der Waals surface area contributed by atoms with Gasteiger partial charge in [-0.3, -0.25) is 0 Å². The first-order valence-corrected chi connectivity index (χ1v) is 5.92. The average molecular weight is 261 g/mol. The first-order valence-electron chi connectivity index (χ1n) is 5.49. The summed E-state index contributed by atoms with van der Waals surface area (Å²) >= 11 is 5.89. The molecule has 0 unspecified atom stereocenters. The summed E-state index contributed by atoms with van der Waals surface area (Å²) in [6, 6.07) is 14.6. The van der Waals surface area contributed by atoms with Crippen molar-refractivity contribution in [1.29, 1.82) is 0 Å². The maximum atomic E-state index is 9.28. The van der Waals surface area contributed by atoms with E-state index < -0.39 is 0 Å². The van der Waals surface area contributed by atoms with Gasteiger partial charge < -0.3 is 9.84 Å². The number of halogens is 1.